The van der Waals surface area contributed by atoms with Crippen molar-refractivity contribution < 1.29 is 18.0 Å². The van der Waals surface area contributed by atoms with Crippen LogP contribution in [-0.2, 0) is 32.6 Å². The van der Waals surface area contributed by atoms with Crippen LogP contribution in [0.25, 0.3) is 0 Å². The molecule has 4 rings (SSSR count). The van der Waals surface area contributed by atoms with Crippen molar-refractivity contribution in [2.75, 3.05) is 10.8 Å². The highest BCUT2D eigenvalue weighted by atomic mass is 35.5. The molecule has 4 aromatic carbocycles. The third-order valence-corrected chi connectivity index (χ3v) is 9.70. The molecule has 0 unspecified atom stereocenters. The van der Waals surface area contributed by atoms with Gasteiger partial charge in [0, 0.05) is 23.5 Å². The van der Waals surface area contributed by atoms with E-state index in [9.17, 15) is 18.0 Å². The Balaban J connectivity index is 1.84. The Kier molecular flexibility index (Phi) is 11.0. The first-order valence-electron chi connectivity index (χ1n) is 15.2. The van der Waals surface area contributed by atoms with Crippen LogP contribution in [-0.4, -0.2) is 43.3 Å². The van der Waals surface area contributed by atoms with Crippen molar-refractivity contribution in [1.82, 2.24) is 10.2 Å². The quantitative estimate of drug-likeness (QED) is 0.188. The molecule has 0 aliphatic rings. The molecule has 0 spiro atoms. The van der Waals surface area contributed by atoms with E-state index in [0.29, 0.717) is 10.7 Å². The van der Waals surface area contributed by atoms with Crippen LogP contribution >= 0.6 is 11.6 Å². The van der Waals surface area contributed by atoms with Crippen LogP contribution in [0.2, 0.25) is 5.02 Å². The Morgan fingerprint density at radius 1 is 0.804 bits per heavy atom. The van der Waals surface area contributed by atoms with E-state index in [1.54, 1.807) is 12.1 Å². The third kappa shape index (κ3) is 8.98. The van der Waals surface area contributed by atoms with Crippen LogP contribution in [0.4, 0.5) is 5.69 Å². The van der Waals surface area contributed by atoms with Gasteiger partial charge in [-0.25, -0.2) is 8.42 Å². The fraction of sp³-hybridized carbons (Fsp3) is 0.297. The average molecular weight is 660 g/mol. The van der Waals surface area contributed by atoms with Gasteiger partial charge < -0.3 is 10.2 Å². The van der Waals surface area contributed by atoms with Crippen LogP contribution in [0.15, 0.2) is 102 Å². The summed E-state index contributed by atoms with van der Waals surface area (Å²) in [5, 5.41) is 3.45. The summed E-state index contributed by atoms with van der Waals surface area (Å²) in [6.07, 6.45) is 0.244. The van der Waals surface area contributed by atoms with Gasteiger partial charge in [-0.1, -0.05) is 77.8 Å². The summed E-state index contributed by atoms with van der Waals surface area (Å²) in [5.74, 6) is -0.835. The van der Waals surface area contributed by atoms with Gasteiger partial charge in [-0.05, 0) is 100 Å². The van der Waals surface area contributed by atoms with Gasteiger partial charge >= 0.3 is 0 Å². The zero-order valence-corrected chi connectivity index (χ0v) is 28.8. The van der Waals surface area contributed by atoms with Gasteiger partial charge in [-0.3, -0.25) is 13.9 Å². The lowest BCUT2D eigenvalue weighted by molar-refractivity contribution is -0.140. The van der Waals surface area contributed by atoms with Gasteiger partial charge in [-0.15, -0.1) is 0 Å². The van der Waals surface area contributed by atoms with Crippen molar-refractivity contribution in [3.05, 3.63) is 130 Å². The zero-order chi connectivity index (χ0) is 33.6. The number of carbonyl (C=O) groups excluding carboxylic acids is 2. The molecule has 0 aromatic heterocycles. The molecule has 1 atom stereocenters. The molecule has 0 bridgehead atoms. The van der Waals surface area contributed by atoms with Crippen LogP contribution in [0.1, 0.15) is 48.6 Å². The number of hydrogen-bond donors (Lipinski definition) is 1. The summed E-state index contributed by atoms with van der Waals surface area (Å²) in [4.78, 5) is 30.1. The molecule has 0 saturated heterocycles. The lowest BCUT2D eigenvalue weighted by Gasteiger charge is -2.35. The maximum absolute atomic E-state index is 14.6. The molecule has 4 aromatic rings. The Morgan fingerprint density at radius 2 is 1.46 bits per heavy atom. The molecular weight excluding hydrogens is 618 g/mol. The number of nitrogens with zero attached hydrogens (tertiary/aromatic N) is 2. The summed E-state index contributed by atoms with van der Waals surface area (Å²) in [7, 11) is -4.22. The first-order chi connectivity index (χ1) is 21.6. The normalized spacial score (nSPS) is 12.3. The molecule has 242 valence electrons. The fourth-order valence-corrected chi connectivity index (χ4v) is 6.69. The van der Waals surface area contributed by atoms with Gasteiger partial charge in [0.25, 0.3) is 10.0 Å². The number of carbonyl (C=O) groups is 2. The second-order valence-corrected chi connectivity index (χ2v) is 15.0. The fourth-order valence-electron chi connectivity index (χ4n) is 5.16. The summed E-state index contributed by atoms with van der Waals surface area (Å²) >= 11 is 6.08. The standard InChI is InChI=1S/C37H42ClN3O4S/c1-26-11-10-14-30(21-26)24-40(34(36(43)39-37(4,5)6)23-29-12-8-7-9-13-29)35(42)25-41(32-18-15-27(2)28(3)22-32)46(44,45)33-19-16-31(38)17-20-33/h7-22,34H,23-25H2,1-6H3,(H,39,43)/t34-/m1/s1. The molecule has 0 saturated carbocycles. The minimum Gasteiger partial charge on any atom is -0.350 e. The summed E-state index contributed by atoms with van der Waals surface area (Å²) in [5.41, 5.74) is 4.36. The summed E-state index contributed by atoms with van der Waals surface area (Å²) < 4.78 is 29.6. The lowest BCUT2D eigenvalue weighted by atomic mass is 10.0. The van der Waals surface area contributed by atoms with Crippen molar-refractivity contribution in [2.24, 2.45) is 0 Å². The van der Waals surface area contributed by atoms with Crippen molar-refractivity contribution in [2.45, 2.75) is 71.0 Å². The van der Waals surface area contributed by atoms with Crippen LogP contribution in [0.5, 0.6) is 0 Å². The minimum atomic E-state index is -4.22. The monoisotopic (exact) mass is 659 g/mol. The maximum atomic E-state index is 14.6. The Hall–Kier alpha value is -4.14. The van der Waals surface area contributed by atoms with E-state index in [1.165, 1.54) is 29.2 Å². The smallest absolute Gasteiger partial charge is 0.264 e. The van der Waals surface area contributed by atoms with Crippen LogP contribution in [0.3, 0.4) is 0 Å². The van der Waals surface area contributed by atoms with E-state index in [1.807, 2.05) is 102 Å². The van der Waals surface area contributed by atoms with Gasteiger partial charge in [0.05, 0.1) is 10.6 Å². The first kappa shape index (κ1) is 34.7. The molecule has 1 N–H and O–H groups in total. The highest BCUT2D eigenvalue weighted by Gasteiger charge is 2.35. The van der Waals surface area contributed by atoms with Crippen molar-refractivity contribution in [3.63, 3.8) is 0 Å². The first-order valence-corrected chi connectivity index (χ1v) is 17.0. The van der Waals surface area contributed by atoms with Crippen LogP contribution in [0, 0.1) is 20.8 Å². The molecule has 0 fully saturated rings. The van der Waals surface area contributed by atoms with Crippen LogP contribution < -0.4 is 9.62 Å². The molecule has 7 nitrogen and oxygen atoms in total. The minimum absolute atomic E-state index is 0.000488. The lowest BCUT2D eigenvalue weighted by Crippen LogP contribution is -2.56. The second-order valence-electron chi connectivity index (χ2n) is 12.7. The second kappa shape index (κ2) is 14.5. The molecular formula is C37H42ClN3O4S. The Labute approximate surface area is 278 Å². The average Bonchev–Trinajstić information content (AvgIpc) is 2.99. The van der Waals surface area contributed by atoms with Gasteiger partial charge in [0.1, 0.15) is 12.6 Å². The molecule has 0 heterocycles. The predicted octanol–water partition coefficient (Wildman–Crippen LogP) is 7.02. The number of halogens is 1. The summed E-state index contributed by atoms with van der Waals surface area (Å²) in [6, 6.07) is 27.5. The van der Waals surface area contributed by atoms with E-state index >= 15 is 0 Å². The van der Waals surface area contributed by atoms with E-state index in [0.717, 1.165) is 32.1 Å². The number of anilines is 1. The largest absolute Gasteiger partial charge is 0.350 e. The number of rotatable bonds is 11. The molecule has 0 radical (unpaired) electrons. The molecule has 0 aliphatic heterocycles. The third-order valence-electron chi connectivity index (χ3n) is 7.66. The van der Waals surface area contributed by atoms with E-state index < -0.39 is 34.1 Å². The molecule has 0 aliphatic carbocycles. The molecule has 9 heteroatoms. The Morgan fingerprint density at radius 3 is 2.07 bits per heavy atom. The van der Waals surface area contributed by atoms with E-state index in [2.05, 4.69) is 5.32 Å². The van der Waals surface area contributed by atoms with E-state index in [-0.39, 0.29) is 23.8 Å². The highest BCUT2D eigenvalue weighted by Crippen LogP contribution is 2.28. The number of amides is 2. The van der Waals surface area contributed by atoms with Gasteiger partial charge in [-0.2, -0.15) is 0 Å². The SMILES string of the molecule is Cc1cccc(CN(C(=O)CN(c2ccc(C)c(C)c2)S(=O)(=O)c2ccc(Cl)cc2)[C@H](Cc2ccccc2)C(=O)NC(C)(C)C)c1. The van der Waals surface area contributed by atoms with Crippen molar-refractivity contribution in [3.8, 4) is 0 Å². The number of aryl methyl sites for hydroxylation is 3. The Bertz CT molecular complexity index is 1790. The van der Waals surface area contributed by atoms with Crippen molar-refractivity contribution >= 4 is 39.1 Å². The maximum Gasteiger partial charge on any atom is 0.264 e. The van der Waals surface area contributed by atoms with Gasteiger partial charge in [0.2, 0.25) is 11.8 Å². The molecule has 46 heavy (non-hydrogen) atoms. The number of benzene rings is 4. The number of hydrogen-bond acceptors (Lipinski definition) is 4. The highest BCUT2D eigenvalue weighted by molar-refractivity contribution is 7.92. The van der Waals surface area contributed by atoms with E-state index in [4.69, 9.17) is 11.6 Å². The molecule has 2 amide bonds. The zero-order valence-electron chi connectivity index (χ0n) is 27.2. The number of nitrogens with one attached hydrogen (secondary N) is 1. The summed E-state index contributed by atoms with van der Waals surface area (Å²) in [6.45, 7) is 11.0. The topological polar surface area (TPSA) is 86.8 Å². The predicted molar refractivity (Wildman–Crippen MR) is 185 cm³/mol. The van der Waals surface area contributed by atoms with Gasteiger partial charge in [0.15, 0.2) is 0 Å². The number of sulfonamides is 1. The van der Waals surface area contributed by atoms with Crippen molar-refractivity contribution in [1.29, 1.82) is 0 Å².